The lowest BCUT2D eigenvalue weighted by atomic mass is 10.1. The number of fused-ring (bicyclic) bond motifs is 1. The first-order valence-corrected chi connectivity index (χ1v) is 11.0. The van der Waals surface area contributed by atoms with Crippen molar-refractivity contribution in [3.8, 4) is 0 Å². The zero-order valence-electron chi connectivity index (χ0n) is 17.6. The normalized spacial score (nSPS) is 11.2. The molecule has 0 saturated heterocycles. The van der Waals surface area contributed by atoms with Crippen LogP contribution in [0.5, 0.6) is 0 Å². The molecule has 0 aliphatic rings. The standard InChI is InChI=1S/C21H27N5O3S/c1-4-5-13-26-17-18(24(2)21(29)25(3)19(17)28)23-20(26)30-14-16(27)22-12-11-15-9-7-6-8-10-15/h6-10H,4-5,11-14H2,1-3H3,(H,22,27). The van der Waals surface area contributed by atoms with Crippen LogP contribution in [0.1, 0.15) is 25.3 Å². The number of unbranched alkanes of at least 4 members (excludes halogenated alkanes) is 1. The molecule has 2 aromatic heterocycles. The summed E-state index contributed by atoms with van der Waals surface area (Å²) >= 11 is 1.28. The lowest BCUT2D eigenvalue weighted by Crippen LogP contribution is -2.37. The fourth-order valence-corrected chi connectivity index (χ4v) is 4.08. The van der Waals surface area contributed by atoms with Crippen LogP contribution in [0.4, 0.5) is 0 Å². The second-order valence-corrected chi connectivity index (χ2v) is 8.09. The Morgan fingerprint density at radius 3 is 2.57 bits per heavy atom. The molecular weight excluding hydrogens is 402 g/mol. The fourth-order valence-electron chi connectivity index (χ4n) is 3.23. The van der Waals surface area contributed by atoms with E-state index in [-0.39, 0.29) is 17.2 Å². The number of thioether (sulfide) groups is 1. The zero-order chi connectivity index (χ0) is 21.7. The van der Waals surface area contributed by atoms with E-state index >= 15 is 0 Å². The van der Waals surface area contributed by atoms with Crippen molar-refractivity contribution < 1.29 is 4.79 Å². The van der Waals surface area contributed by atoms with Crippen LogP contribution in [0.3, 0.4) is 0 Å². The maximum atomic E-state index is 12.7. The van der Waals surface area contributed by atoms with Crippen molar-refractivity contribution >= 4 is 28.8 Å². The summed E-state index contributed by atoms with van der Waals surface area (Å²) in [6.07, 6.45) is 2.59. The molecule has 0 atom stereocenters. The predicted octanol–water partition coefficient (Wildman–Crippen LogP) is 1.68. The van der Waals surface area contributed by atoms with E-state index in [0.29, 0.717) is 29.4 Å². The summed E-state index contributed by atoms with van der Waals surface area (Å²) in [5, 5.41) is 3.50. The number of hydrogen-bond donors (Lipinski definition) is 1. The molecule has 160 valence electrons. The number of hydrogen-bond acceptors (Lipinski definition) is 5. The molecular formula is C21H27N5O3S. The van der Waals surface area contributed by atoms with Gasteiger partial charge < -0.3 is 9.88 Å². The summed E-state index contributed by atoms with van der Waals surface area (Å²) in [6.45, 7) is 3.24. The van der Waals surface area contributed by atoms with Crippen molar-refractivity contribution in [2.24, 2.45) is 14.1 Å². The summed E-state index contributed by atoms with van der Waals surface area (Å²) in [5.41, 5.74) is 1.15. The highest BCUT2D eigenvalue weighted by Gasteiger charge is 2.19. The van der Waals surface area contributed by atoms with E-state index in [4.69, 9.17) is 0 Å². The van der Waals surface area contributed by atoms with Crippen LogP contribution in [0.15, 0.2) is 45.1 Å². The number of aromatic nitrogens is 4. The maximum Gasteiger partial charge on any atom is 0.332 e. The second-order valence-electron chi connectivity index (χ2n) is 7.15. The number of benzene rings is 1. The van der Waals surface area contributed by atoms with Crippen LogP contribution in [0.2, 0.25) is 0 Å². The molecule has 9 heteroatoms. The molecule has 0 aliphatic carbocycles. The summed E-state index contributed by atoms with van der Waals surface area (Å²) < 4.78 is 4.31. The summed E-state index contributed by atoms with van der Waals surface area (Å²) in [4.78, 5) is 41.8. The number of imidazole rings is 1. The van der Waals surface area contributed by atoms with E-state index < -0.39 is 5.69 Å². The van der Waals surface area contributed by atoms with Gasteiger partial charge in [0.2, 0.25) is 5.91 Å². The highest BCUT2D eigenvalue weighted by molar-refractivity contribution is 7.99. The van der Waals surface area contributed by atoms with E-state index in [1.165, 1.54) is 28.9 Å². The van der Waals surface area contributed by atoms with Crippen LogP contribution < -0.4 is 16.6 Å². The first-order chi connectivity index (χ1) is 14.4. The minimum atomic E-state index is -0.414. The van der Waals surface area contributed by atoms with Crippen LogP contribution in [-0.4, -0.2) is 36.9 Å². The maximum absolute atomic E-state index is 12.7. The molecule has 1 amide bonds. The van der Waals surface area contributed by atoms with Gasteiger partial charge in [-0.3, -0.25) is 18.7 Å². The van der Waals surface area contributed by atoms with E-state index in [9.17, 15) is 14.4 Å². The minimum absolute atomic E-state index is 0.0909. The van der Waals surface area contributed by atoms with Gasteiger partial charge in [-0.25, -0.2) is 9.78 Å². The van der Waals surface area contributed by atoms with Crippen molar-refractivity contribution in [3.63, 3.8) is 0 Å². The van der Waals surface area contributed by atoms with Gasteiger partial charge in [-0.15, -0.1) is 0 Å². The van der Waals surface area contributed by atoms with Crippen molar-refractivity contribution in [2.45, 2.75) is 37.9 Å². The van der Waals surface area contributed by atoms with E-state index in [2.05, 4.69) is 17.2 Å². The Hall–Kier alpha value is -2.81. The Morgan fingerprint density at radius 1 is 1.13 bits per heavy atom. The molecule has 0 radical (unpaired) electrons. The first-order valence-electron chi connectivity index (χ1n) is 10.0. The van der Waals surface area contributed by atoms with E-state index in [1.54, 1.807) is 7.05 Å². The highest BCUT2D eigenvalue weighted by atomic mass is 32.2. The Bertz CT molecular complexity index is 1150. The lowest BCUT2D eigenvalue weighted by Gasteiger charge is -2.09. The molecule has 30 heavy (non-hydrogen) atoms. The first kappa shape index (κ1) is 21.9. The van der Waals surface area contributed by atoms with Crippen molar-refractivity contribution in [3.05, 3.63) is 56.7 Å². The average molecular weight is 430 g/mol. The Morgan fingerprint density at radius 2 is 1.87 bits per heavy atom. The quantitative estimate of drug-likeness (QED) is 0.523. The van der Waals surface area contributed by atoms with Crippen molar-refractivity contribution in [1.29, 1.82) is 0 Å². The minimum Gasteiger partial charge on any atom is -0.355 e. The zero-order valence-corrected chi connectivity index (χ0v) is 18.4. The average Bonchev–Trinajstić information content (AvgIpc) is 3.12. The predicted molar refractivity (Wildman–Crippen MR) is 119 cm³/mol. The largest absolute Gasteiger partial charge is 0.355 e. The number of nitrogens with zero attached hydrogens (tertiary/aromatic N) is 4. The third kappa shape index (κ3) is 4.67. The topological polar surface area (TPSA) is 90.9 Å². The van der Waals surface area contributed by atoms with Gasteiger partial charge in [-0.05, 0) is 18.4 Å². The third-order valence-corrected chi connectivity index (χ3v) is 5.94. The Labute approximate surface area is 178 Å². The molecule has 8 nitrogen and oxygen atoms in total. The van der Waals surface area contributed by atoms with Crippen LogP contribution in [0, 0.1) is 0 Å². The monoisotopic (exact) mass is 429 g/mol. The number of aryl methyl sites for hydroxylation is 2. The Kier molecular flexibility index (Phi) is 7.15. The van der Waals surface area contributed by atoms with Crippen molar-refractivity contribution in [1.82, 2.24) is 24.0 Å². The number of rotatable bonds is 9. The third-order valence-electron chi connectivity index (χ3n) is 4.96. The fraction of sp³-hybridized carbons (Fsp3) is 0.429. The van der Waals surface area contributed by atoms with E-state index in [0.717, 1.165) is 23.8 Å². The SMILES string of the molecule is CCCCn1c(SCC(=O)NCCc2ccccc2)nc2c1c(=O)n(C)c(=O)n2C. The lowest BCUT2D eigenvalue weighted by molar-refractivity contribution is -0.118. The van der Waals surface area contributed by atoms with Gasteiger partial charge in [0.25, 0.3) is 5.56 Å². The molecule has 0 fully saturated rings. The molecule has 3 rings (SSSR count). The molecule has 1 aromatic carbocycles. The summed E-state index contributed by atoms with van der Waals surface area (Å²) in [6, 6.07) is 9.98. The smallest absolute Gasteiger partial charge is 0.332 e. The molecule has 3 aromatic rings. The number of carbonyl (C=O) groups is 1. The van der Waals surface area contributed by atoms with Gasteiger partial charge in [0.05, 0.1) is 5.75 Å². The number of nitrogens with one attached hydrogen (secondary N) is 1. The molecule has 0 spiro atoms. The van der Waals surface area contributed by atoms with Gasteiger partial charge in [-0.2, -0.15) is 0 Å². The molecule has 0 unspecified atom stereocenters. The Balaban J connectivity index is 1.75. The van der Waals surface area contributed by atoms with Crippen LogP contribution in [0.25, 0.3) is 11.2 Å². The molecule has 2 heterocycles. The van der Waals surface area contributed by atoms with Gasteiger partial charge in [0.15, 0.2) is 16.3 Å². The van der Waals surface area contributed by atoms with Crippen LogP contribution >= 0.6 is 11.8 Å². The highest BCUT2D eigenvalue weighted by Crippen LogP contribution is 2.22. The second kappa shape index (κ2) is 9.80. The molecule has 1 N–H and O–H groups in total. The summed E-state index contributed by atoms with van der Waals surface area (Å²) in [5.74, 6) is 0.102. The summed E-state index contributed by atoms with van der Waals surface area (Å²) in [7, 11) is 3.07. The van der Waals surface area contributed by atoms with Crippen molar-refractivity contribution in [2.75, 3.05) is 12.3 Å². The van der Waals surface area contributed by atoms with Gasteiger partial charge in [-0.1, -0.05) is 55.4 Å². The van der Waals surface area contributed by atoms with Gasteiger partial charge in [0, 0.05) is 27.2 Å². The molecule has 0 saturated carbocycles. The number of amides is 1. The number of carbonyl (C=O) groups excluding carboxylic acids is 1. The molecule has 0 bridgehead atoms. The van der Waals surface area contributed by atoms with Gasteiger partial charge in [0.1, 0.15) is 0 Å². The van der Waals surface area contributed by atoms with Gasteiger partial charge >= 0.3 is 5.69 Å². The van der Waals surface area contributed by atoms with Crippen LogP contribution in [-0.2, 0) is 31.9 Å². The molecule has 0 aliphatic heterocycles. The van der Waals surface area contributed by atoms with E-state index in [1.807, 2.05) is 34.9 Å².